The monoisotopic (exact) mass is 493 g/mol. The quantitative estimate of drug-likeness (QED) is 0.352. The molecule has 3 atom stereocenters. The second-order valence-electron chi connectivity index (χ2n) is 9.91. The fourth-order valence-electron chi connectivity index (χ4n) is 3.68. The van der Waals surface area contributed by atoms with Crippen LogP contribution in [0.5, 0.6) is 5.75 Å². The molecular formula is C26H43N3O6. The Morgan fingerprint density at radius 2 is 1.77 bits per heavy atom. The molecule has 4 N–H and O–H groups in total. The number of aliphatic hydroxyl groups excluding tert-OH is 1. The van der Waals surface area contributed by atoms with Crippen LogP contribution < -0.4 is 10.6 Å². The van der Waals surface area contributed by atoms with E-state index in [0.29, 0.717) is 17.5 Å². The van der Waals surface area contributed by atoms with Crippen LogP contribution in [0.25, 0.3) is 0 Å². The van der Waals surface area contributed by atoms with Crippen LogP contribution >= 0.6 is 0 Å². The van der Waals surface area contributed by atoms with Gasteiger partial charge in [-0.15, -0.1) is 0 Å². The van der Waals surface area contributed by atoms with Crippen molar-refractivity contribution < 1.29 is 29.3 Å². The highest BCUT2D eigenvalue weighted by molar-refractivity contribution is 5.92. The predicted molar refractivity (Wildman–Crippen MR) is 135 cm³/mol. The summed E-state index contributed by atoms with van der Waals surface area (Å²) in [6, 6.07) is 2.37. The molecule has 0 aliphatic rings. The maximum absolute atomic E-state index is 13.6. The van der Waals surface area contributed by atoms with Crippen LogP contribution in [-0.4, -0.2) is 63.9 Å². The first-order valence-electron chi connectivity index (χ1n) is 12.3. The van der Waals surface area contributed by atoms with Gasteiger partial charge >= 0.3 is 6.09 Å². The molecule has 1 aromatic carbocycles. The van der Waals surface area contributed by atoms with Crippen molar-refractivity contribution in [1.29, 1.82) is 0 Å². The largest absolute Gasteiger partial charge is 0.508 e. The highest BCUT2D eigenvalue weighted by Gasteiger charge is 2.36. The number of hydrogen-bond donors (Lipinski definition) is 4. The number of carbonyl (C=O) groups excluding carboxylic acids is 3. The van der Waals surface area contributed by atoms with Crippen LogP contribution in [0.2, 0.25) is 0 Å². The molecule has 1 aromatic rings. The van der Waals surface area contributed by atoms with Crippen molar-refractivity contribution >= 4 is 17.9 Å². The van der Waals surface area contributed by atoms with Gasteiger partial charge in [-0.2, -0.15) is 0 Å². The topological polar surface area (TPSA) is 128 Å². The van der Waals surface area contributed by atoms with E-state index in [1.165, 1.54) is 11.0 Å². The lowest BCUT2D eigenvalue weighted by Crippen LogP contribution is -2.55. The van der Waals surface area contributed by atoms with Crippen molar-refractivity contribution in [3.63, 3.8) is 0 Å². The summed E-state index contributed by atoms with van der Waals surface area (Å²) in [7, 11) is 0. The van der Waals surface area contributed by atoms with E-state index in [-0.39, 0.29) is 24.2 Å². The van der Waals surface area contributed by atoms with Gasteiger partial charge in [0, 0.05) is 12.6 Å². The fraction of sp³-hybridized carbons (Fsp3) is 0.654. The van der Waals surface area contributed by atoms with E-state index in [1.807, 2.05) is 20.8 Å². The van der Waals surface area contributed by atoms with Crippen molar-refractivity contribution in [2.75, 3.05) is 13.2 Å². The van der Waals surface area contributed by atoms with Crippen LogP contribution in [0.15, 0.2) is 18.2 Å². The number of unbranched alkanes of at least 4 members (excludes halogenated alkanes) is 1. The van der Waals surface area contributed by atoms with Crippen molar-refractivity contribution in [3.8, 4) is 5.75 Å². The zero-order valence-electron chi connectivity index (χ0n) is 22.2. The van der Waals surface area contributed by atoms with Crippen molar-refractivity contribution in [2.24, 2.45) is 0 Å². The Labute approximate surface area is 209 Å². The molecule has 0 radical (unpaired) electrons. The number of phenols is 1. The number of amides is 3. The van der Waals surface area contributed by atoms with E-state index < -0.39 is 36.3 Å². The Balaban J connectivity index is 3.42. The van der Waals surface area contributed by atoms with E-state index in [2.05, 4.69) is 10.6 Å². The van der Waals surface area contributed by atoms with Crippen LogP contribution in [0.4, 0.5) is 4.79 Å². The number of rotatable bonds is 12. The molecule has 9 nitrogen and oxygen atoms in total. The van der Waals surface area contributed by atoms with Gasteiger partial charge in [0.2, 0.25) is 11.8 Å². The molecule has 0 aliphatic heterocycles. The summed E-state index contributed by atoms with van der Waals surface area (Å²) < 4.78 is 5.24. The summed E-state index contributed by atoms with van der Waals surface area (Å²) in [6.07, 6.45) is 2.20. The Kier molecular flexibility index (Phi) is 12.0. The van der Waals surface area contributed by atoms with Gasteiger partial charge in [0.1, 0.15) is 23.4 Å². The molecule has 0 heterocycles. The van der Waals surface area contributed by atoms with Gasteiger partial charge in [0.15, 0.2) is 0 Å². The third kappa shape index (κ3) is 9.76. The van der Waals surface area contributed by atoms with Crippen molar-refractivity contribution in [1.82, 2.24) is 15.5 Å². The number of ether oxygens (including phenoxy) is 1. The number of benzene rings is 1. The first-order valence-corrected chi connectivity index (χ1v) is 12.3. The minimum atomic E-state index is -1.29. The number of aryl methyl sites for hydroxylation is 1. The summed E-state index contributed by atoms with van der Waals surface area (Å²) in [5, 5.41) is 25.4. The maximum Gasteiger partial charge on any atom is 0.408 e. The molecule has 0 saturated carbocycles. The summed E-state index contributed by atoms with van der Waals surface area (Å²) in [4.78, 5) is 40.9. The number of carbonyl (C=O) groups is 3. The first kappa shape index (κ1) is 30.2. The number of aromatic hydroxyl groups is 1. The number of phenolic OH excluding ortho intramolecular Hbond substituents is 1. The van der Waals surface area contributed by atoms with Gasteiger partial charge in [0.25, 0.3) is 0 Å². The maximum atomic E-state index is 13.6. The summed E-state index contributed by atoms with van der Waals surface area (Å²) in [5.74, 6) is -0.881. The molecule has 1 rings (SSSR count). The second-order valence-corrected chi connectivity index (χ2v) is 9.91. The van der Waals surface area contributed by atoms with Gasteiger partial charge in [-0.3, -0.25) is 9.59 Å². The van der Waals surface area contributed by atoms with E-state index in [0.717, 1.165) is 19.3 Å². The van der Waals surface area contributed by atoms with Crippen LogP contribution in [0.1, 0.15) is 84.4 Å². The average molecular weight is 494 g/mol. The summed E-state index contributed by atoms with van der Waals surface area (Å²) >= 11 is 0. The van der Waals surface area contributed by atoms with Crippen LogP contribution in [-0.2, 0) is 14.3 Å². The minimum absolute atomic E-state index is 0.0820. The van der Waals surface area contributed by atoms with E-state index in [9.17, 15) is 24.6 Å². The molecular weight excluding hydrogens is 450 g/mol. The van der Waals surface area contributed by atoms with Gasteiger partial charge in [-0.1, -0.05) is 32.8 Å². The standard InChI is InChI=1S/C26H43N3O6/c1-8-10-14-29(24(33)20(16-30)28-25(34)35-26(5,6)7)22(23(32)27-18(4)11-9-2)19-12-13-21(31)17(3)15-19/h12-13,15,18,20,22,30-31H,8-11,14,16H2,1-7H3,(H,27,32)(H,28,34). The zero-order chi connectivity index (χ0) is 26.8. The third-order valence-corrected chi connectivity index (χ3v) is 5.41. The molecule has 0 aliphatic carbocycles. The first-order chi connectivity index (χ1) is 16.3. The van der Waals surface area contributed by atoms with E-state index in [1.54, 1.807) is 39.8 Å². The van der Waals surface area contributed by atoms with E-state index >= 15 is 0 Å². The Bertz CT molecular complexity index is 852. The van der Waals surface area contributed by atoms with Crippen molar-refractivity contribution in [2.45, 2.75) is 97.9 Å². The van der Waals surface area contributed by atoms with Gasteiger partial charge < -0.3 is 30.5 Å². The Morgan fingerprint density at radius 3 is 2.29 bits per heavy atom. The molecule has 0 fully saturated rings. The molecule has 0 spiro atoms. The van der Waals surface area contributed by atoms with Gasteiger partial charge in [0.05, 0.1) is 6.61 Å². The third-order valence-electron chi connectivity index (χ3n) is 5.41. The van der Waals surface area contributed by atoms with E-state index in [4.69, 9.17) is 4.74 Å². The van der Waals surface area contributed by atoms with Gasteiger partial charge in [-0.05, 0) is 70.7 Å². The lowest BCUT2D eigenvalue weighted by molar-refractivity contribution is -0.143. The number of nitrogens with one attached hydrogen (secondary N) is 2. The number of hydrogen-bond acceptors (Lipinski definition) is 6. The Hall–Kier alpha value is -2.81. The van der Waals surface area contributed by atoms with Crippen LogP contribution in [0, 0.1) is 6.92 Å². The number of nitrogens with zero attached hydrogens (tertiary/aromatic N) is 1. The molecule has 198 valence electrons. The zero-order valence-corrected chi connectivity index (χ0v) is 22.2. The predicted octanol–water partition coefficient (Wildman–Crippen LogP) is 3.56. The highest BCUT2D eigenvalue weighted by atomic mass is 16.6. The molecule has 3 amide bonds. The number of alkyl carbamates (subject to hydrolysis) is 1. The minimum Gasteiger partial charge on any atom is -0.508 e. The molecule has 3 unspecified atom stereocenters. The molecule has 0 aromatic heterocycles. The van der Waals surface area contributed by atoms with Gasteiger partial charge in [-0.25, -0.2) is 4.79 Å². The highest BCUT2D eigenvalue weighted by Crippen LogP contribution is 2.27. The average Bonchev–Trinajstić information content (AvgIpc) is 2.75. The fourth-order valence-corrected chi connectivity index (χ4v) is 3.68. The molecule has 9 heteroatoms. The van der Waals surface area contributed by atoms with Crippen LogP contribution in [0.3, 0.4) is 0 Å². The van der Waals surface area contributed by atoms with Crippen molar-refractivity contribution in [3.05, 3.63) is 29.3 Å². The lowest BCUT2D eigenvalue weighted by atomic mass is 9.99. The summed E-state index contributed by atoms with van der Waals surface area (Å²) in [6.45, 7) is 12.3. The SMILES string of the molecule is CCCCN(C(=O)C(CO)NC(=O)OC(C)(C)C)C(C(=O)NC(C)CCC)c1ccc(O)c(C)c1. The lowest BCUT2D eigenvalue weighted by Gasteiger charge is -2.35. The second kappa shape index (κ2) is 13.9. The molecule has 35 heavy (non-hydrogen) atoms. The smallest absolute Gasteiger partial charge is 0.408 e. The molecule has 0 saturated heterocycles. The Morgan fingerprint density at radius 1 is 1.11 bits per heavy atom. The number of aliphatic hydroxyl groups is 1. The molecule has 0 bridgehead atoms. The normalized spacial score (nSPS) is 13.9. The summed E-state index contributed by atoms with van der Waals surface area (Å²) in [5.41, 5.74) is 0.312.